The van der Waals surface area contributed by atoms with E-state index in [2.05, 4.69) is 0 Å². The highest BCUT2D eigenvalue weighted by Crippen LogP contribution is 2.39. The zero-order chi connectivity index (χ0) is 24.3. The molecule has 2 aliphatic heterocycles. The predicted molar refractivity (Wildman–Crippen MR) is 117 cm³/mol. The van der Waals surface area contributed by atoms with Crippen LogP contribution < -0.4 is 5.73 Å². The number of nitrogens with two attached hydrogens (primary N) is 1. The van der Waals surface area contributed by atoms with E-state index in [1.54, 1.807) is 36.6 Å². The van der Waals surface area contributed by atoms with Gasteiger partial charge >= 0.3 is 0 Å². The van der Waals surface area contributed by atoms with Crippen molar-refractivity contribution in [1.29, 1.82) is 0 Å². The Labute approximate surface area is 188 Å². The molecule has 0 aromatic heterocycles. The first-order valence-electron chi connectivity index (χ1n) is 10.8. The van der Waals surface area contributed by atoms with Crippen molar-refractivity contribution in [2.75, 3.05) is 26.2 Å². The average molecular weight is 452 g/mol. The van der Waals surface area contributed by atoms with Crippen LogP contribution in [-0.4, -0.2) is 75.6 Å². The molecular weight excluding hydrogens is 417 g/mol. The zero-order valence-electron chi connectivity index (χ0n) is 19.2. The van der Waals surface area contributed by atoms with Crippen molar-refractivity contribution in [3.05, 3.63) is 35.1 Å². The molecule has 2 fully saturated rings. The SMILES string of the molecule is CC(=O)O.Cc1c(F)cccc1C(=O)N1CCC[C@]2(C1)CN(C(=O)C(C)(C)N)CC[C@H]2O. The van der Waals surface area contributed by atoms with Gasteiger partial charge in [0.05, 0.1) is 11.6 Å². The summed E-state index contributed by atoms with van der Waals surface area (Å²) in [5, 5.41) is 18.2. The number of nitrogens with zero attached hydrogens (tertiary/aromatic N) is 2. The molecule has 9 heteroatoms. The first-order chi connectivity index (χ1) is 14.8. The third-order valence-corrected chi connectivity index (χ3v) is 6.12. The molecule has 2 amide bonds. The van der Waals surface area contributed by atoms with Gasteiger partial charge in [0.2, 0.25) is 5.91 Å². The van der Waals surface area contributed by atoms with E-state index in [1.807, 2.05) is 0 Å². The van der Waals surface area contributed by atoms with Crippen LogP contribution >= 0.6 is 0 Å². The molecule has 0 aliphatic carbocycles. The number of aliphatic hydroxyl groups excluding tert-OH is 1. The molecule has 0 saturated carbocycles. The Hall–Kier alpha value is -2.52. The Morgan fingerprint density at radius 3 is 2.38 bits per heavy atom. The number of halogens is 1. The summed E-state index contributed by atoms with van der Waals surface area (Å²) >= 11 is 0. The summed E-state index contributed by atoms with van der Waals surface area (Å²) in [7, 11) is 0. The maximum Gasteiger partial charge on any atom is 0.300 e. The summed E-state index contributed by atoms with van der Waals surface area (Å²) in [4.78, 5) is 38.1. The molecule has 8 nitrogen and oxygen atoms in total. The fourth-order valence-electron chi connectivity index (χ4n) is 4.47. The number of carboxylic acids is 1. The van der Waals surface area contributed by atoms with Crippen LogP contribution in [0.3, 0.4) is 0 Å². The minimum Gasteiger partial charge on any atom is -0.481 e. The van der Waals surface area contributed by atoms with Crippen LogP contribution in [0.15, 0.2) is 18.2 Å². The summed E-state index contributed by atoms with van der Waals surface area (Å²) in [6.45, 7) is 7.77. The lowest BCUT2D eigenvalue weighted by atomic mass is 9.71. The Balaban J connectivity index is 0.000000837. The zero-order valence-corrected chi connectivity index (χ0v) is 19.2. The number of benzene rings is 1. The lowest BCUT2D eigenvalue weighted by molar-refractivity contribution is -0.146. The van der Waals surface area contributed by atoms with E-state index in [0.717, 1.165) is 19.8 Å². The summed E-state index contributed by atoms with van der Waals surface area (Å²) in [5.41, 5.74) is 5.11. The minimum atomic E-state index is -0.980. The molecule has 1 aromatic rings. The largest absolute Gasteiger partial charge is 0.481 e. The van der Waals surface area contributed by atoms with Gasteiger partial charge in [-0.25, -0.2) is 4.39 Å². The molecule has 32 heavy (non-hydrogen) atoms. The Kier molecular flexibility index (Phi) is 8.01. The molecule has 0 radical (unpaired) electrons. The number of hydrogen-bond acceptors (Lipinski definition) is 5. The average Bonchev–Trinajstić information content (AvgIpc) is 2.70. The standard InChI is InChI=1S/C21H30FN3O3.C2H4O2/c1-14-15(6-4-7-16(14)22)18(27)24-10-5-9-21(12-24)13-25(11-8-17(21)26)19(28)20(2,3)23;1-2(3)4/h4,6-7,17,26H,5,8-13,23H2,1-3H3;1H3,(H,3,4)/t17-,21+;/m1./s1. The Morgan fingerprint density at radius 1 is 1.19 bits per heavy atom. The molecule has 178 valence electrons. The van der Waals surface area contributed by atoms with Crippen LogP contribution in [0.25, 0.3) is 0 Å². The molecular formula is C23H34FN3O5. The first-order valence-corrected chi connectivity index (χ1v) is 10.8. The van der Waals surface area contributed by atoms with E-state index in [9.17, 15) is 19.1 Å². The monoisotopic (exact) mass is 451 g/mol. The third kappa shape index (κ3) is 5.83. The van der Waals surface area contributed by atoms with Crippen LogP contribution in [0.5, 0.6) is 0 Å². The Bertz CT molecular complexity index is 866. The van der Waals surface area contributed by atoms with Crippen LogP contribution in [0.4, 0.5) is 4.39 Å². The number of hydrogen-bond donors (Lipinski definition) is 3. The maximum atomic E-state index is 13.9. The van der Waals surface area contributed by atoms with Gasteiger partial charge in [-0.1, -0.05) is 6.07 Å². The number of amides is 2. The van der Waals surface area contributed by atoms with E-state index in [0.29, 0.717) is 43.7 Å². The summed E-state index contributed by atoms with van der Waals surface area (Å²) in [5.74, 6) is -1.62. The Morgan fingerprint density at radius 2 is 1.78 bits per heavy atom. The van der Waals surface area contributed by atoms with Crippen LogP contribution in [0.1, 0.15) is 56.0 Å². The highest BCUT2D eigenvalue weighted by molar-refractivity contribution is 5.95. The van der Waals surface area contributed by atoms with E-state index in [4.69, 9.17) is 15.6 Å². The van der Waals surface area contributed by atoms with Gasteiger partial charge in [-0.15, -0.1) is 0 Å². The van der Waals surface area contributed by atoms with Crippen LogP contribution in [0, 0.1) is 18.2 Å². The quantitative estimate of drug-likeness (QED) is 0.630. The fraction of sp³-hybridized carbons (Fsp3) is 0.609. The van der Waals surface area contributed by atoms with Gasteiger partial charge in [0.25, 0.3) is 11.9 Å². The molecule has 2 atom stereocenters. The second-order valence-corrected chi connectivity index (χ2v) is 9.38. The number of carbonyl (C=O) groups excluding carboxylic acids is 2. The van der Waals surface area contributed by atoms with Crippen molar-refractivity contribution in [2.24, 2.45) is 11.1 Å². The number of aliphatic carboxylic acids is 1. The van der Waals surface area contributed by atoms with Crippen molar-refractivity contribution in [2.45, 2.75) is 58.6 Å². The molecule has 1 aromatic carbocycles. The topological polar surface area (TPSA) is 124 Å². The molecule has 0 bridgehead atoms. The van der Waals surface area contributed by atoms with Gasteiger partial charge in [-0.3, -0.25) is 14.4 Å². The number of carboxylic acid groups (broad SMARTS) is 1. The van der Waals surface area contributed by atoms with E-state index >= 15 is 0 Å². The van der Waals surface area contributed by atoms with E-state index < -0.39 is 28.8 Å². The van der Waals surface area contributed by atoms with Gasteiger partial charge in [-0.05, 0) is 57.7 Å². The predicted octanol–water partition coefficient (Wildman–Crippen LogP) is 1.78. The van der Waals surface area contributed by atoms with Crippen molar-refractivity contribution < 1.29 is 29.0 Å². The molecule has 0 unspecified atom stereocenters. The first kappa shape index (κ1) is 25.7. The summed E-state index contributed by atoms with van der Waals surface area (Å²) in [6.07, 6.45) is 1.32. The lowest BCUT2D eigenvalue weighted by Gasteiger charge is -2.51. The van der Waals surface area contributed by atoms with Crippen molar-refractivity contribution in [1.82, 2.24) is 9.80 Å². The normalized spacial score (nSPS) is 23.4. The van der Waals surface area contributed by atoms with Crippen molar-refractivity contribution in [3.63, 3.8) is 0 Å². The number of rotatable bonds is 2. The number of carbonyl (C=O) groups is 3. The maximum absolute atomic E-state index is 13.9. The van der Waals surface area contributed by atoms with Crippen molar-refractivity contribution in [3.8, 4) is 0 Å². The highest BCUT2D eigenvalue weighted by Gasteiger charge is 2.48. The number of aliphatic hydroxyl groups is 1. The second kappa shape index (κ2) is 9.95. The third-order valence-electron chi connectivity index (χ3n) is 6.12. The summed E-state index contributed by atoms with van der Waals surface area (Å²) in [6, 6.07) is 4.51. The minimum absolute atomic E-state index is 0.150. The van der Waals surface area contributed by atoms with Crippen molar-refractivity contribution >= 4 is 17.8 Å². The lowest BCUT2D eigenvalue weighted by Crippen LogP contribution is -2.63. The van der Waals surface area contributed by atoms with Crippen LogP contribution in [-0.2, 0) is 9.59 Å². The molecule has 4 N–H and O–H groups in total. The highest BCUT2D eigenvalue weighted by atomic mass is 19.1. The molecule has 1 spiro atoms. The van der Waals surface area contributed by atoms with Gasteiger partial charge in [0.1, 0.15) is 5.82 Å². The molecule has 2 heterocycles. The van der Waals surface area contributed by atoms with Gasteiger partial charge in [0.15, 0.2) is 0 Å². The van der Waals surface area contributed by atoms with Gasteiger partial charge in [0, 0.05) is 44.1 Å². The smallest absolute Gasteiger partial charge is 0.300 e. The second-order valence-electron chi connectivity index (χ2n) is 9.38. The molecule has 2 saturated heterocycles. The number of likely N-dealkylation sites (tertiary alicyclic amines) is 2. The van der Waals surface area contributed by atoms with E-state index in [-0.39, 0.29) is 11.8 Å². The fourth-order valence-corrected chi connectivity index (χ4v) is 4.47. The molecule has 2 aliphatic rings. The number of piperidine rings is 2. The van der Waals surface area contributed by atoms with Crippen LogP contribution in [0.2, 0.25) is 0 Å². The molecule has 3 rings (SSSR count). The van der Waals surface area contributed by atoms with Gasteiger partial charge in [-0.2, -0.15) is 0 Å². The summed E-state index contributed by atoms with van der Waals surface area (Å²) < 4.78 is 13.9. The van der Waals surface area contributed by atoms with Gasteiger partial charge < -0.3 is 25.7 Å². The van der Waals surface area contributed by atoms with E-state index in [1.165, 1.54) is 12.1 Å².